The number of hydrogen-bond acceptors (Lipinski definition) is 2. The molecule has 0 radical (unpaired) electrons. The van der Waals surface area contributed by atoms with Gasteiger partial charge in [0.15, 0.2) is 13.2 Å². The molecule has 1 aliphatic carbocycles. The minimum Gasteiger partial charge on any atom is -0.534 e. The van der Waals surface area contributed by atoms with Crippen molar-refractivity contribution in [3.8, 4) is 0 Å². The fourth-order valence-corrected chi connectivity index (χ4v) is 2.52. The monoisotopic (exact) mass is 240 g/mol. The molecule has 0 N–H and O–H groups in total. The van der Waals surface area contributed by atoms with E-state index in [-0.39, 0.29) is 5.41 Å². The molecule has 0 saturated heterocycles. The first kappa shape index (κ1) is 14.4. The van der Waals surface area contributed by atoms with Crippen molar-refractivity contribution < 1.29 is 14.5 Å². The van der Waals surface area contributed by atoms with Crippen molar-refractivity contribution in [3.63, 3.8) is 0 Å². The Morgan fingerprint density at radius 3 is 2.47 bits per heavy atom. The van der Waals surface area contributed by atoms with Crippen LogP contribution in [0.5, 0.6) is 0 Å². The Bertz CT molecular complexity index is 232. The summed E-state index contributed by atoms with van der Waals surface area (Å²) in [7, 11) is 0. The molecule has 0 amide bonds. The molecule has 0 aromatic carbocycles. The van der Waals surface area contributed by atoms with Crippen molar-refractivity contribution in [1.82, 2.24) is 0 Å². The quantitative estimate of drug-likeness (QED) is 0.214. The lowest BCUT2D eigenvalue weighted by Crippen LogP contribution is -2.42. The van der Waals surface area contributed by atoms with Gasteiger partial charge < -0.3 is 14.5 Å². The summed E-state index contributed by atoms with van der Waals surface area (Å²) in [6.45, 7) is 9.25. The fraction of sp³-hybridized carbons (Fsp3) is 0.714. The van der Waals surface area contributed by atoms with Crippen LogP contribution in [0.25, 0.3) is 0 Å². The fourth-order valence-electron chi connectivity index (χ4n) is 2.52. The third-order valence-electron chi connectivity index (χ3n) is 3.33. The maximum atomic E-state index is 11.6. The van der Waals surface area contributed by atoms with Crippen LogP contribution in [0.1, 0.15) is 32.1 Å². The zero-order valence-electron chi connectivity index (χ0n) is 10.7. The molecule has 0 atom stereocenters. The van der Waals surface area contributed by atoms with Crippen molar-refractivity contribution in [1.29, 1.82) is 0 Å². The molecule has 0 spiro atoms. The van der Waals surface area contributed by atoms with Crippen LogP contribution in [0.2, 0.25) is 0 Å². The summed E-state index contributed by atoms with van der Waals surface area (Å²) in [5, 5.41) is 11.6. The normalized spacial score (nSPS) is 19.2. The maximum Gasteiger partial charge on any atom is 0.170 e. The summed E-state index contributed by atoms with van der Waals surface area (Å²) < 4.78 is 7.50. The van der Waals surface area contributed by atoms with E-state index in [9.17, 15) is 5.26 Å². The molecule has 0 unspecified atom stereocenters. The summed E-state index contributed by atoms with van der Waals surface area (Å²) in [6, 6.07) is 0. The lowest BCUT2D eigenvalue weighted by atomic mass is 9.75. The highest BCUT2D eigenvalue weighted by Gasteiger charge is 2.36. The number of rotatable bonds is 8. The predicted octanol–water partition coefficient (Wildman–Crippen LogP) is 2.15. The van der Waals surface area contributed by atoms with E-state index in [0.29, 0.717) is 26.4 Å². The Labute approximate surface area is 104 Å². The van der Waals surface area contributed by atoms with Gasteiger partial charge in [-0.2, -0.15) is 0 Å². The Morgan fingerprint density at radius 2 is 1.88 bits per heavy atom. The summed E-state index contributed by atoms with van der Waals surface area (Å²) in [5.41, 5.74) is 0.0106. The van der Waals surface area contributed by atoms with Gasteiger partial charge in [-0.3, -0.25) is 0 Å². The van der Waals surface area contributed by atoms with Gasteiger partial charge in [0.2, 0.25) is 0 Å². The Kier molecular flexibility index (Phi) is 6.48. The minimum absolute atomic E-state index is 0.0106. The van der Waals surface area contributed by atoms with E-state index in [1.165, 1.54) is 19.3 Å². The molecule has 3 nitrogen and oxygen atoms in total. The molecule has 17 heavy (non-hydrogen) atoms. The van der Waals surface area contributed by atoms with E-state index in [4.69, 9.17) is 4.74 Å². The van der Waals surface area contributed by atoms with Gasteiger partial charge in [-0.25, -0.2) is 0 Å². The average molecular weight is 240 g/mol. The summed E-state index contributed by atoms with van der Waals surface area (Å²) in [5.74, 6) is 0. The molecule has 0 aromatic rings. The van der Waals surface area contributed by atoms with Gasteiger partial charge in [-0.1, -0.05) is 31.9 Å². The zero-order chi connectivity index (χ0) is 12.6. The van der Waals surface area contributed by atoms with Gasteiger partial charge in [0.1, 0.15) is 0 Å². The summed E-state index contributed by atoms with van der Waals surface area (Å²) >= 11 is 0. The van der Waals surface area contributed by atoms with Crippen LogP contribution < -0.4 is 5.26 Å². The van der Waals surface area contributed by atoms with Crippen molar-refractivity contribution in [2.45, 2.75) is 32.1 Å². The highest BCUT2D eigenvalue weighted by molar-refractivity contribution is 4.84. The Balaban J connectivity index is 2.50. The van der Waals surface area contributed by atoms with Crippen LogP contribution in [0, 0.1) is 5.41 Å². The number of ether oxygens (including phenoxy) is 1. The second kappa shape index (κ2) is 7.64. The molecule has 1 rings (SSSR count). The molecule has 3 heteroatoms. The van der Waals surface area contributed by atoms with Crippen molar-refractivity contribution in [2.24, 2.45) is 5.41 Å². The molecule has 0 bridgehead atoms. The van der Waals surface area contributed by atoms with E-state index in [2.05, 4.69) is 13.2 Å². The molecule has 1 saturated carbocycles. The largest absolute Gasteiger partial charge is 0.534 e. The highest BCUT2D eigenvalue weighted by Crippen LogP contribution is 2.37. The van der Waals surface area contributed by atoms with Crippen LogP contribution in [-0.4, -0.2) is 26.4 Å². The summed E-state index contributed by atoms with van der Waals surface area (Å²) in [4.78, 5) is 0. The highest BCUT2D eigenvalue weighted by atomic mass is 17.2. The lowest BCUT2D eigenvalue weighted by molar-refractivity contribution is -0.796. The summed E-state index contributed by atoms with van der Waals surface area (Å²) in [6.07, 6.45) is 9.19. The molecule has 1 aliphatic rings. The third kappa shape index (κ3) is 5.02. The molecule has 0 aromatic heterocycles. The standard InChI is InChI=1S/C14H24O3/c1-3-10-16-12-14(8-6-5-7-9-14)13-17(15)11-4-2/h3-4H,1-2,5-13H2. The van der Waals surface area contributed by atoms with Crippen molar-refractivity contribution in [3.05, 3.63) is 25.3 Å². The van der Waals surface area contributed by atoms with Crippen LogP contribution in [0.4, 0.5) is 0 Å². The molecule has 98 valence electrons. The average Bonchev–Trinajstić information content (AvgIpc) is 2.30. The Morgan fingerprint density at radius 1 is 1.18 bits per heavy atom. The van der Waals surface area contributed by atoms with Gasteiger partial charge in [0, 0.05) is 0 Å². The minimum atomic E-state index is 0.0106. The maximum absolute atomic E-state index is 11.6. The second-order valence-electron chi connectivity index (χ2n) is 4.90. The molecular weight excluding hydrogens is 216 g/mol. The molecular formula is C14H24O3. The van der Waals surface area contributed by atoms with E-state index in [1.54, 1.807) is 12.2 Å². The van der Waals surface area contributed by atoms with Crippen LogP contribution >= 0.6 is 0 Å². The van der Waals surface area contributed by atoms with E-state index in [0.717, 1.165) is 12.8 Å². The van der Waals surface area contributed by atoms with Gasteiger partial charge in [0.05, 0.1) is 18.6 Å². The first-order valence-corrected chi connectivity index (χ1v) is 6.37. The van der Waals surface area contributed by atoms with Crippen molar-refractivity contribution >= 4 is 0 Å². The Hall–Kier alpha value is -0.640. The van der Waals surface area contributed by atoms with E-state index >= 15 is 0 Å². The van der Waals surface area contributed by atoms with Gasteiger partial charge in [-0.05, 0) is 18.9 Å². The lowest BCUT2D eigenvalue weighted by Gasteiger charge is -2.38. The first-order chi connectivity index (χ1) is 8.22. The van der Waals surface area contributed by atoms with Crippen LogP contribution in [0.15, 0.2) is 25.3 Å². The zero-order valence-corrected chi connectivity index (χ0v) is 10.7. The SMILES string of the molecule is C=CCOCC1(C[O+]([O-])CC=C)CCCCC1. The van der Waals surface area contributed by atoms with Crippen LogP contribution in [0.3, 0.4) is 0 Å². The van der Waals surface area contributed by atoms with Crippen LogP contribution in [-0.2, 0) is 9.25 Å². The number of hydrogen-bond donors (Lipinski definition) is 0. The molecule has 0 aliphatic heterocycles. The topological polar surface area (TPSA) is 35.0 Å². The molecule has 1 fully saturated rings. The van der Waals surface area contributed by atoms with Crippen molar-refractivity contribution in [2.75, 3.05) is 26.4 Å². The third-order valence-corrected chi connectivity index (χ3v) is 3.33. The predicted molar refractivity (Wildman–Crippen MR) is 67.6 cm³/mol. The van der Waals surface area contributed by atoms with Gasteiger partial charge in [0.25, 0.3) is 0 Å². The van der Waals surface area contributed by atoms with E-state index in [1.807, 2.05) is 4.52 Å². The first-order valence-electron chi connectivity index (χ1n) is 6.37. The molecule has 0 heterocycles. The van der Waals surface area contributed by atoms with E-state index < -0.39 is 0 Å². The smallest absolute Gasteiger partial charge is 0.170 e. The second-order valence-corrected chi connectivity index (χ2v) is 4.90. The van der Waals surface area contributed by atoms with Gasteiger partial charge in [-0.15, -0.1) is 6.58 Å². The van der Waals surface area contributed by atoms with Gasteiger partial charge >= 0.3 is 0 Å².